The summed E-state index contributed by atoms with van der Waals surface area (Å²) in [6, 6.07) is 7.40. The van der Waals surface area contributed by atoms with Crippen molar-refractivity contribution in [2.24, 2.45) is 17.8 Å². The predicted octanol–water partition coefficient (Wildman–Crippen LogP) is 3.71. The largest absolute Gasteiger partial charge is 0.508 e. The lowest BCUT2D eigenvalue weighted by Gasteiger charge is -2.39. The van der Waals surface area contributed by atoms with Gasteiger partial charge in [-0.3, -0.25) is 14.4 Å². The summed E-state index contributed by atoms with van der Waals surface area (Å²) in [5.74, 6) is 0.104. The van der Waals surface area contributed by atoms with E-state index in [0.717, 1.165) is 48.0 Å². The first-order valence-corrected chi connectivity index (χ1v) is 13.6. The number of methoxy groups -OCH3 is 1. The van der Waals surface area contributed by atoms with Gasteiger partial charge in [-0.05, 0) is 43.9 Å². The van der Waals surface area contributed by atoms with Crippen molar-refractivity contribution in [3.8, 4) is 16.9 Å². The molecule has 3 aromatic heterocycles. The summed E-state index contributed by atoms with van der Waals surface area (Å²) >= 11 is 6.32. The maximum Gasteiger partial charge on any atom is 0.319 e. The summed E-state index contributed by atoms with van der Waals surface area (Å²) in [4.78, 5) is 18.9. The maximum atomic E-state index is 12.0. The number of fused-ring (bicyclic) bond motifs is 3. The summed E-state index contributed by atoms with van der Waals surface area (Å²) in [6.45, 7) is 0.323. The van der Waals surface area contributed by atoms with Gasteiger partial charge in [-0.1, -0.05) is 11.6 Å². The molecule has 12 heteroatoms. The summed E-state index contributed by atoms with van der Waals surface area (Å²) in [6.07, 6.45) is 11.3. The van der Waals surface area contributed by atoms with Crippen LogP contribution >= 0.6 is 11.6 Å². The van der Waals surface area contributed by atoms with E-state index in [4.69, 9.17) is 22.1 Å². The van der Waals surface area contributed by atoms with Gasteiger partial charge in [0, 0.05) is 54.8 Å². The Balaban J connectivity index is 1.38. The number of carbonyl (C=O) groups is 1. The highest BCUT2D eigenvalue weighted by molar-refractivity contribution is 6.33. The highest BCUT2D eigenvalue weighted by Gasteiger charge is 2.41. The summed E-state index contributed by atoms with van der Waals surface area (Å²) in [7, 11) is 3.32. The fourth-order valence-electron chi connectivity index (χ4n) is 5.98. The Hall–Kier alpha value is -4.09. The fraction of sp³-hybridized carbons (Fsp3) is 0.357. The van der Waals surface area contributed by atoms with Crippen LogP contribution in [0.25, 0.3) is 16.6 Å². The number of rotatable bonds is 7. The SMILES string of the molecule is COC(=O)CN1C2CCC1CC(Nc1c(/C(N)=N/c3ccc(O)cc3Cl)cnn3cc(-c4cnn(C)c4)cc13)C2. The molecule has 0 saturated carbocycles. The molecule has 4 N–H and O–H groups in total. The van der Waals surface area contributed by atoms with Gasteiger partial charge in [-0.15, -0.1) is 0 Å². The molecule has 5 heterocycles. The van der Waals surface area contributed by atoms with Crippen LogP contribution in [0.5, 0.6) is 5.75 Å². The zero-order chi connectivity index (χ0) is 28.0. The van der Waals surface area contributed by atoms with Crippen molar-refractivity contribution in [2.45, 2.75) is 43.8 Å². The van der Waals surface area contributed by atoms with Crippen molar-refractivity contribution < 1.29 is 14.6 Å². The molecule has 1 aromatic carbocycles. The Morgan fingerprint density at radius 1 is 1.18 bits per heavy atom. The normalized spacial score (nSPS) is 21.2. The third-order valence-electron chi connectivity index (χ3n) is 7.90. The first-order chi connectivity index (χ1) is 19.3. The van der Waals surface area contributed by atoms with Gasteiger partial charge in [0.2, 0.25) is 0 Å². The standard InChI is InChI=1S/C28H31ClN8O3/c1-35-13-17(11-31-35)16-7-25-27(33-18-8-19-3-4-20(9-18)36(19)15-26(39)40-2)22(12-32-37(25)14-16)28(30)34-24-6-5-21(38)10-23(24)29/h5-7,10-14,18-20,33,38H,3-4,8-9,15H2,1-2H3,(H2,30,34). The van der Waals surface area contributed by atoms with E-state index in [-0.39, 0.29) is 23.6 Å². The number of aromatic hydroxyl groups is 1. The van der Waals surface area contributed by atoms with Gasteiger partial charge in [-0.25, -0.2) is 9.51 Å². The van der Waals surface area contributed by atoms with Gasteiger partial charge in [0.25, 0.3) is 0 Å². The van der Waals surface area contributed by atoms with E-state index in [1.807, 2.05) is 30.2 Å². The van der Waals surface area contributed by atoms with Crippen LogP contribution in [-0.4, -0.2) is 73.0 Å². The number of aromatic nitrogens is 4. The van der Waals surface area contributed by atoms with Gasteiger partial charge in [0.05, 0.1) is 53.5 Å². The third-order valence-corrected chi connectivity index (χ3v) is 8.20. The van der Waals surface area contributed by atoms with Crippen LogP contribution in [0.4, 0.5) is 11.4 Å². The van der Waals surface area contributed by atoms with Crippen molar-refractivity contribution in [1.82, 2.24) is 24.3 Å². The van der Waals surface area contributed by atoms with Crippen LogP contribution in [0.3, 0.4) is 0 Å². The number of ether oxygens (including phenoxy) is 1. The molecule has 0 aliphatic carbocycles. The number of hydrogen-bond acceptors (Lipinski definition) is 8. The Morgan fingerprint density at radius 2 is 1.95 bits per heavy atom. The Kier molecular flexibility index (Phi) is 6.85. The second-order valence-electron chi connectivity index (χ2n) is 10.5. The molecule has 40 heavy (non-hydrogen) atoms. The highest BCUT2D eigenvalue weighted by atomic mass is 35.5. The summed E-state index contributed by atoms with van der Waals surface area (Å²) in [5.41, 5.74) is 11.3. The monoisotopic (exact) mass is 562 g/mol. The molecule has 2 aliphatic rings. The van der Waals surface area contributed by atoms with E-state index in [1.54, 1.807) is 16.9 Å². The van der Waals surface area contributed by atoms with Gasteiger partial charge in [0.1, 0.15) is 11.6 Å². The van der Waals surface area contributed by atoms with Crippen LogP contribution in [0.1, 0.15) is 31.2 Å². The molecule has 2 saturated heterocycles. The van der Waals surface area contributed by atoms with Crippen molar-refractivity contribution in [1.29, 1.82) is 0 Å². The molecule has 2 aliphatic heterocycles. The van der Waals surface area contributed by atoms with E-state index < -0.39 is 0 Å². The van der Waals surface area contributed by atoms with Crippen LogP contribution in [0.15, 0.2) is 54.0 Å². The lowest BCUT2D eigenvalue weighted by atomic mass is 9.96. The van der Waals surface area contributed by atoms with Crippen molar-refractivity contribution in [3.05, 3.63) is 59.6 Å². The molecule has 0 spiro atoms. The van der Waals surface area contributed by atoms with E-state index in [0.29, 0.717) is 34.9 Å². The Labute approximate surface area is 236 Å². The molecule has 0 amide bonds. The number of nitrogens with two attached hydrogens (primary N) is 1. The van der Waals surface area contributed by atoms with E-state index >= 15 is 0 Å². The Bertz CT molecular complexity index is 1600. The molecule has 2 unspecified atom stereocenters. The maximum absolute atomic E-state index is 12.0. The number of aryl methyl sites for hydroxylation is 1. The van der Waals surface area contributed by atoms with Gasteiger partial charge in [0.15, 0.2) is 0 Å². The molecule has 6 rings (SSSR count). The van der Waals surface area contributed by atoms with Gasteiger partial charge >= 0.3 is 5.97 Å². The number of anilines is 1. The topological polar surface area (TPSA) is 135 Å². The highest BCUT2D eigenvalue weighted by Crippen LogP contribution is 2.38. The number of nitrogens with zero attached hydrogens (tertiary/aromatic N) is 6. The lowest BCUT2D eigenvalue weighted by Crippen LogP contribution is -2.49. The lowest BCUT2D eigenvalue weighted by molar-refractivity contribution is -0.143. The number of esters is 1. The van der Waals surface area contributed by atoms with E-state index in [2.05, 4.69) is 31.5 Å². The van der Waals surface area contributed by atoms with Crippen molar-refractivity contribution in [3.63, 3.8) is 0 Å². The predicted molar refractivity (Wildman–Crippen MR) is 153 cm³/mol. The number of piperidine rings is 1. The number of amidine groups is 1. The van der Waals surface area contributed by atoms with Crippen LogP contribution < -0.4 is 11.1 Å². The van der Waals surface area contributed by atoms with E-state index in [9.17, 15) is 9.90 Å². The minimum Gasteiger partial charge on any atom is -0.508 e. The molecular formula is C28H31ClN8O3. The van der Waals surface area contributed by atoms with Gasteiger partial charge < -0.3 is 20.9 Å². The smallest absolute Gasteiger partial charge is 0.319 e. The summed E-state index contributed by atoms with van der Waals surface area (Å²) in [5, 5.41) is 22.8. The number of benzene rings is 1. The van der Waals surface area contributed by atoms with Crippen LogP contribution in [-0.2, 0) is 16.6 Å². The average Bonchev–Trinajstić information content (AvgIpc) is 3.61. The average molecular weight is 563 g/mol. The second-order valence-corrected chi connectivity index (χ2v) is 10.9. The summed E-state index contributed by atoms with van der Waals surface area (Å²) < 4.78 is 8.52. The molecule has 0 radical (unpaired) electrons. The number of aliphatic imine (C=N–C) groups is 1. The number of nitrogens with one attached hydrogen (secondary N) is 1. The number of phenols is 1. The van der Waals surface area contributed by atoms with Crippen LogP contribution in [0, 0.1) is 0 Å². The number of carbonyl (C=O) groups excluding carboxylic acids is 1. The molecule has 2 bridgehead atoms. The number of phenolic OH excluding ortho intramolecular Hbond substituents is 1. The van der Waals surface area contributed by atoms with Crippen LogP contribution in [0.2, 0.25) is 5.02 Å². The molecule has 2 fully saturated rings. The number of hydrogen-bond donors (Lipinski definition) is 3. The third kappa shape index (κ3) is 4.98. The van der Waals surface area contributed by atoms with Crippen molar-refractivity contribution >= 4 is 40.3 Å². The van der Waals surface area contributed by atoms with Gasteiger partial charge in [-0.2, -0.15) is 10.2 Å². The quantitative estimate of drug-likeness (QED) is 0.176. The minimum atomic E-state index is -0.200. The Morgan fingerprint density at radius 3 is 2.62 bits per heavy atom. The fourth-order valence-corrected chi connectivity index (χ4v) is 6.19. The molecule has 4 aromatic rings. The first-order valence-electron chi connectivity index (χ1n) is 13.2. The first kappa shape index (κ1) is 26.1. The van der Waals surface area contributed by atoms with E-state index in [1.165, 1.54) is 19.2 Å². The zero-order valence-electron chi connectivity index (χ0n) is 22.3. The zero-order valence-corrected chi connectivity index (χ0v) is 23.0. The molecule has 11 nitrogen and oxygen atoms in total. The molecule has 2 atom stereocenters. The molecular weight excluding hydrogens is 532 g/mol. The van der Waals surface area contributed by atoms with Crippen molar-refractivity contribution in [2.75, 3.05) is 19.0 Å². The second kappa shape index (κ2) is 10.5. The molecule has 208 valence electrons. The minimum absolute atomic E-state index is 0.0530. The number of halogens is 1.